The molecule has 0 heterocycles. The van der Waals surface area contributed by atoms with Gasteiger partial charge in [-0.15, -0.1) is 4.33 Å². The minimum Gasteiger partial charge on any atom is -0.130 e. The van der Waals surface area contributed by atoms with E-state index in [-0.39, 0.29) is 0 Å². The first-order valence-corrected chi connectivity index (χ1v) is 2.24. The lowest BCUT2D eigenvalue weighted by Crippen LogP contribution is -1.63. The van der Waals surface area contributed by atoms with Crippen molar-refractivity contribution < 1.29 is 9.59 Å². The maximum atomic E-state index is 8.99. The van der Waals surface area contributed by atoms with Crippen LogP contribution in [0, 0.1) is 0 Å². The highest BCUT2D eigenvalue weighted by Gasteiger charge is 1.71. The highest BCUT2D eigenvalue weighted by molar-refractivity contribution is 7.94. The van der Waals surface area contributed by atoms with Crippen molar-refractivity contribution in [3.8, 4) is 0 Å². The summed E-state index contributed by atoms with van der Waals surface area (Å²) in [6.07, 6.45) is 0. The van der Waals surface area contributed by atoms with Gasteiger partial charge in [-0.3, -0.25) is 0 Å². The summed E-state index contributed by atoms with van der Waals surface area (Å²) >= 11 is 0.907. The average Bonchev–Trinajstić information content (AvgIpc) is 1.41. The predicted molar refractivity (Wildman–Crippen MR) is 19.9 cm³/mol. The Morgan fingerprint density at radius 1 is 2.00 bits per heavy atom. The van der Waals surface area contributed by atoms with Crippen LogP contribution in [0.5, 0.6) is 0 Å². The Hall–Kier alpha value is 0.270. The summed E-state index contributed by atoms with van der Waals surface area (Å²) in [6.45, 7) is 1.85. The summed E-state index contributed by atoms with van der Waals surface area (Å²) < 4.78 is 3.36. The van der Waals surface area contributed by atoms with Crippen LogP contribution in [0.15, 0.2) is 0 Å². The summed E-state index contributed by atoms with van der Waals surface area (Å²) in [5.41, 5.74) is 0. The average molecular weight is 93.1 g/mol. The minimum atomic E-state index is 0.726. The number of hydrogen-bond acceptors (Lipinski definition) is 2. The van der Waals surface area contributed by atoms with Crippen LogP contribution in [0.1, 0.15) is 6.92 Å². The second-order valence-corrected chi connectivity index (χ2v) is 1.42. The molecule has 0 aliphatic heterocycles. The van der Waals surface area contributed by atoms with Crippen LogP contribution in [0.25, 0.3) is 0 Å². The zero-order valence-corrected chi connectivity index (χ0v) is 3.75. The van der Waals surface area contributed by atoms with Crippen molar-refractivity contribution in [2.24, 2.45) is 0 Å². The van der Waals surface area contributed by atoms with Gasteiger partial charge in [-0.1, -0.05) is 6.92 Å². The molecular formula is C2H5O2S. The van der Waals surface area contributed by atoms with Gasteiger partial charge in [-0.05, 0) is 5.26 Å². The lowest BCUT2D eigenvalue weighted by atomic mass is 11.0. The van der Waals surface area contributed by atoms with Crippen molar-refractivity contribution in [1.82, 2.24) is 0 Å². The molecule has 0 N–H and O–H groups in total. The lowest BCUT2D eigenvalue weighted by molar-refractivity contribution is -0.190. The molecule has 0 rings (SSSR count). The summed E-state index contributed by atoms with van der Waals surface area (Å²) in [7, 11) is 0. The van der Waals surface area contributed by atoms with E-state index in [1.54, 1.807) is 0 Å². The Balaban J connectivity index is 2.19. The molecule has 0 unspecified atom stereocenters. The fraction of sp³-hybridized carbons (Fsp3) is 1.00. The molecule has 0 aromatic carbocycles. The van der Waals surface area contributed by atoms with Crippen LogP contribution in [0.3, 0.4) is 0 Å². The SMILES string of the molecule is CCSO[O]. The van der Waals surface area contributed by atoms with Gasteiger partial charge in [0.2, 0.25) is 0 Å². The zero-order chi connectivity index (χ0) is 4.12. The molecule has 0 aromatic rings. The van der Waals surface area contributed by atoms with Gasteiger partial charge in [0.05, 0.1) is 0 Å². The molecule has 0 atom stereocenters. The van der Waals surface area contributed by atoms with Crippen molar-refractivity contribution >= 4 is 12.0 Å². The molecule has 0 aromatic heterocycles. The molecule has 3 heteroatoms. The van der Waals surface area contributed by atoms with E-state index in [4.69, 9.17) is 5.26 Å². The van der Waals surface area contributed by atoms with E-state index < -0.39 is 0 Å². The fourth-order valence-electron chi connectivity index (χ4n) is 0.0481. The summed E-state index contributed by atoms with van der Waals surface area (Å²) in [5, 5.41) is 8.99. The molecule has 0 bridgehead atoms. The smallest absolute Gasteiger partial charge is 0.0344 e. The van der Waals surface area contributed by atoms with Gasteiger partial charge in [0.15, 0.2) is 0 Å². The highest BCUT2D eigenvalue weighted by Crippen LogP contribution is 1.94. The first kappa shape index (κ1) is 5.27. The van der Waals surface area contributed by atoms with Crippen LogP contribution in [-0.4, -0.2) is 5.75 Å². The second-order valence-electron chi connectivity index (χ2n) is 0.475. The summed E-state index contributed by atoms with van der Waals surface area (Å²) in [6, 6.07) is 0. The maximum Gasteiger partial charge on any atom is 0.0344 e. The topological polar surface area (TPSA) is 29.1 Å². The standard InChI is InChI=1S/C2H5O2S/c1-2-5-4-3/h2H2,1H3. The second kappa shape index (κ2) is 4.27. The zero-order valence-electron chi connectivity index (χ0n) is 2.93. The van der Waals surface area contributed by atoms with Gasteiger partial charge in [0, 0.05) is 17.8 Å². The van der Waals surface area contributed by atoms with Crippen molar-refractivity contribution in [3.05, 3.63) is 0 Å². The van der Waals surface area contributed by atoms with Crippen molar-refractivity contribution in [2.45, 2.75) is 6.92 Å². The molecule has 1 radical (unpaired) electrons. The van der Waals surface area contributed by atoms with Gasteiger partial charge in [-0.25, -0.2) is 0 Å². The van der Waals surface area contributed by atoms with Crippen LogP contribution in [-0.2, 0) is 9.59 Å². The fourth-order valence-corrected chi connectivity index (χ4v) is 0.144. The third-order valence-corrected chi connectivity index (χ3v) is 0.498. The molecule has 0 aliphatic carbocycles. The van der Waals surface area contributed by atoms with Gasteiger partial charge >= 0.3 is 0 Å². The molecule has 5 heavy (non-hydrogen) atoms. The third-order valence-electron chi connectivity index (χ3n) is 0.166. The Morgan fingerprint density at radius 3 is 2.60 bits per heavy atom. The van der Waals surface area contributed by atoms with Crippen molar-refractivity contribution in [3.63, 3.8) is 0 Å². The maximum absolute atomic E-state index is 8.99. The molecule has 0 spiro atoms. The van der Waals surface area contributed by atoms with Crippen LogP contribution in [0.4, 0.5) is 0 Å². The first-order chi connectivity index (χ1) is 2.41. The Kier molecular flexibility index (Phi) is 4.50. The van der Waals surface area contributed by atoms with E-state index in [9.17, 15) is 0 Å². The Morgan fingerprint density at radius 2 is 2.60 bits per heavy atom. The van der Waals surface area contributed by atoms with Crippen LogP contribution >= 0.6 is 12.0 Å². The van der Waals surface area contributed by atoms with Gasteiger partial charge in [-0.2, -0.15) is 0 Å². The van der Waals surface area contributed by atoms with E-state index in [1.807, 2.05) is 6.92 Å². The Bertz CT molecular complexity index is 15.1. The van der Waals surface area contributed by atoms with E-state index in [2.05, 4.69) is 4.33 Å². The van der Waals surface area contributed by atoms with Crippen LogP contribution < -0.4 is 0 Å². The van der Waals surface area contributed by atoms with E-state index in [0.29, 0.717) is 0 Å². The molecule has 0 saturated heterocycles. The number of rotatable bonds is 2. The number of hydrogen-bond donors (Lipinski definition) is 0. The van der Waals surface area contributed by atoms with E-state index in [1.165, 1.54) is 0 Å². The van der Waals surface area contributed by atoms with Gasteiger partial charge in [0.1, 0.15) is 0 Å². The quantitative estimate of drug-likeness (QED) is 0.290. The third kappa shape index (κ3) is 4.27. The monoisotopic (exact) mass is 93.0 g/mol. The molecule has 2 nitrogen and oxygen atoms in total. The minimum absolute atomic E-state index is 0.726. The van der Waals surface area contributed by atoms with Crippen molar-refractivity contribution in [2.75, 3.05) is 5.75 Å². The highest BCUT2D eigenvalue weighted by atomic mass is 32.2. The molecule has 31 valence electrons. The predicted octanol–water partition coefficient (Wildman–Crippen LogP) is 1.02. The molecule has 0 amide bonds. The van der Waals surface area contributed by atoms with E-state index in [0.717, 1.165) is 17.8 Å². The molecular weight excluding hydrogens is 88.1 g/mol. The normalized spacial score (nSPS) is 8.40. The van der Waals surface area contributed by atoms with Crippen LogP contribution in [0.2, 0.25) is 0 Å². The van der Waals surface area contributed by atoms with Gasteiger partial charge < -0.3 is 0 Å². The molecule has 0 aliphatic rings. The summed E-state index contributed by atoms with van der Waals surface area (Å²) in [4.78, 5) is 0. The largest absolute Gasteiger partial charge is 0.130 e. The van der Waals surface area contributed by atoms with E-state index >= 15 is 0 Å². The lowest BCUT2D eigenvalue weighted by Gasteiger charge is -1.76. The first-order valence-electron chi connectivity index (χ1n) is 1.33. The molecule has 0 saturated carbocycles. The summed E-state index contributed by atoms with van der Waals surface area (Å²) in [5.74, 6) is 0.726. The van der Waals surface area contributed by atoms with Crippen molar-refractivity contribution in [1.29, 1.82) is 0 Å². The van der Waals surface area contributed by atoms with Gasteiger partial charge in [0.25, 0.3) is 0 Å². The molecule has 0 fully saturated rings. The Labute approximate surface area is 35.3 Å².